The van der Waals surface area contributed by atoms with Crippen molar-refractivity contribution < 1.29 is 14.5 Å². The number of nitrogens with zero attached hydrogens (tertiary/aromatic N) is 2. The number of non-ortho nitro benzene ring substituents is 1. The Morgan fingerprint density at radius 2 is 1.50 bits per heavy atom. The van der Waals surface area contributed by atoms with Gasteiger partial charge in [0.2, 0.25) is 11.8 Å². The molecule has 0 unspecified atom stereocenters. The van der Waals surface area contributed by atoms with Gasteiger partial charge in [-0.2, -0.15) is 0 Å². The highest BCUT2D eigenvalue weighted by Gasteiger charge is 2.66. The summed E-state index contributed by atoms with van der Waals surface area (Å²) in [5, 5.41) is 11.4. The van der Waals surface area contributed by atoms with E-state index in [2.05, 4.69) is 31.2 Å². The number of imide groups is 1. The number of hydrogen-bond acceptors (Lipinski definition) is 4. The van der Waals surface area contributed by atoms with E-state index in [1.807, 2.05) is 24.3 Å². The third-order valence-electron chi connectivity index (χ3n) is 7.69. The summed E-state index contributed by atoms with van der Waals surface area (Å²) < 4.78 is 0. The maximum atomic E-state index is 13.9. The second-order valence-electron chi connectivity index (χ2n) is 9.10. The molecule has 1 fully saturated rings. The maximum absolute atomic E-state index is 13.9. The van der Waals surface area contributed by atoms with Crippen molar-refractivity contribution >= 4 is 23.2 Å². The van der Waals surface area contributed by atoms with Crippen LogP contribution < -0.4 is 4.90 Å². The fraction of sp³-hybridized carbons (Fsp3) is 0.231. The zero-order valence-corrected chi connectivity index (χ0v) is 17.6. The highest BCUT2D eigenvalue weighted by atomic mass is 16.6. The first kappa shape index (κ1) is 18.9. The van der Waals surface area contributed by atoms with Crippen molar-refractivity contribution in [2.45, 2.75) is 25.2 Å². The molecule has 1 saturated heterocycles. The quantitative estimate of drug-likeness (QED) is 0.345. The van der Waals surface area contributed by atoms with Crippen molar-refractivity contribution in [3.63, 3.8) is 0 Å². The standard InChI is InChI=1S/C26H20N2O4/c1-14-11-12-15(28(31)32)13-20(14)27-24(29)22-21-16-7-3-5-9-18(16)26(2,23(22)25(27)30)19-10-6-4-8-17(19)21/h3-13,21-23H,1-2H3/t21?,22-,23-,26?/m1/s1. The number of aryl methyl sites for hydroxylation is 1. The zero-order valence-electron chi connectivity index (χ0n) is 17.6. The number of anilines is 1. The summed E-state index contributed by atoms with van der Waals surface area (Å²) in [6.45, 7) is 3.83. The summed E-state index contributed by atoms with van der Waals surface area (Å²) in [7, 11) is 0. The van der Waals surface area contributed by atoms with Gasteiger partial charge in [-0.3, -0.25) is 19.7 Å². The Kier molecular flexibility index (Phi) is 3.62. The second kappa shape index (κ2) is 6.13. The van der Waals surface area contributed by atoms with Gasteiger partial charge in [0, 0.05) is 23.5 Å². The molecule has 3 aromatic carbocycles. The van der Waals surface area contributed by atoms with Gasteiger partial charge in [-0.15, -0.1) is 0 Å². The molecule has 3 aliphatic carbocycles. The van der Waals surface area contributed by atoms with Crippen LogP contribution in [-0.4, -0.2) is 16.7 Å². The summed E-state index contributed by atoms with van der Waals surface area (Å²) >= 11 is 0. The molecule has 0 saturated carbocycles. The molecular weight excluding hydrogens is 404 g/mol. The summed E-state index contributed by atoms with van der Waals surface area (Å²) in [5.74, 6) is -1.85. The van der Waals surface area contributed by atoms with Crippen LogP contribution in [0.5, 0.6) is 0 Å². The molecule has 1 heterocycles. The van der Waals surface area contributed by atoms with Crippen molar-refractivity contribution in [1.29, 1.82) is 0 Å². The SMILES string of the molecule is Cc1ccc([N+](=O)[O-])cc1N1C(=O)[C@@H]2C3c4ccccc4C(C)(c4ccccc43)[C@H]2C1=O. The van der Waals surface area contributed by atoms with Gasteiger partial charge < -0.3 is 0 Å². The van der Waals surface area contributed by atoms with Crippen LogP contribution in [0.4, 0.5) is 11.4 Å². The number of nitro benzene ring substituents is 1. The van der Waals surface area contributed by atoms with Crippen molar-refractivity contribution in [3.05, 3.63) is 105 Å². The van der Waals surface area contributed by atoms with E-state index in [1.165, 1.54) is 17.0 Å². The summed E-state index contributed by atoms with van der Waals surface area (Å²) in [4.78, 5) is 39.9. The lowest BCUT2D eigenvalue weighted by Crippen LogP contribution is -2.51. The van der Waals surface area contributed by atoms with E-state index >= 15 is 0 Å². The van der Waals surface area contributed by atoms with Crippen LogP contribution in [0, 0.1) is 28.9 Å². The summed E-state index contributed by atoms with van der Waals surface area (Å²) in [6, 6.07) is 20.5. The first-order valence-electron chi connectivity index (χ1n) is 10.7. The Hall–Kier alpha value is -3.80. The van der Waals surface area contributed by atoms with Gasteiger partial charge in [-0.25, -0.2) is 4.90 Å². The summed E-state index contributed by atoms with van der Waals surface area (Å²) in [5.41, 5.74) is 4.53. The molecule has 2 atom stereocenters. The van der Waals surface area contributed by atoms with Crippen LogP contribution in [0.2, 0.25) is 0 Å². The van der Waals surface area contributed by atoms with E-state index in [-0.39, 0.29) is 23.4 Å². The van der Waals surface area contributed by atoms with Crippen molar-refractivity contribution in [1.82, 2.24) is 0 Å². The Morgan fingerprint density at radius 3 is 2.09 bits per heavy atom. The van der Waals surface area contributed by atoms with Crippen LogP contribution in [-0.2, 0) is 15.0 Å². The number of hydrogen-bond donors (Lipinski definition) is 0. The van der Waals surface area contributed by atoms with Crippen molar-refractivity contribution in [2.24, 2.45) is 11.8 Å². The first-order valence-corrected chi connectivity index (χ1v) is 10.7. The minimum absolute atomic E-state index is 0.137. The zero-order chi connectivity index (χ0) is 22.4. The van der Waals surface area contributed by atoms with Gasteiger partial charge in [0.1, 0.15) is 0 Å². The van der Waals surface area contributed by atoms with Gasteiger partial charge in [0.05, 0.1) is 22.4 Å². The molecule has 7 rings (SSSR count). The van der Waals surface area contributed by atoms with Crippen molar-refractivity contribution in [2.75, 3.05) is 4.90 Å². The smallest absolute Gasteiger partial charge is 0.271 e. The van der Waals surface area contributed by atoms with E-state index in [0.29, 0.717) is 11.3 Å². The average Bonchev–Trinajstić information content (AvgIpc) is 3.06. The average molecular weight is 424 g/mol. The van der Waals surface area contributed by atoms with Gasteiger partial charge in [-0.1, -0.05) is 61.5 Å². The van der Waals surface area contributed by atoms with Gasteiger partial charge >= 0.3 is 0 Å². The van der Waals surface area contributed by atoms with Crippen molar-refractivity contribution in [3.8, 4) is 0 Å². The van der Waals surface area contributed by atoms with E-state index in [0.717, 1.165) is 22.3 Å². The molecule has 0 aromatic heterocycles. The predicted molar refractivity (Wildman–Crippen MR) is 118 cm³/mol. The molecule has 32 heavy (non-hydrogen) atoms. The number of rotatable bonds is 2. The molecule has 3 aromatic rings. The molecule has 0 radical (unpaired) electrons. The first-order chi connectivity index (χ1) is 15.4. The monoisotopic (exact) mass is 424 g/mol. The summed E-state index contributed by atoms with van der Waals surface area (Å²) in [6.07, 6.45) is 0. The van der Waals surface area contributed by atoms with Gasteiger partial charge in [0.25, 0.3) is 5.69 Å². The minimum Gasteiger partial charge on any atom is -0.274 e. The highest BCUT2D eigenvalue weighted by Crippen LogP contribution is 2.64. The Labute approximate surface area is 184 Å². The third kappa shape index (κ3) is 2.09. The van der Waals surface area contributed by atoms with Gasteiger partial charge in [0.15, 0.2) is 0 Å². The molecule has 0 spiro atoms. The number of nitro groups is 1. The molecule has 6 nitrogen and oxygen atoms in total. The highest BCUT2D eigenvalue weighted by molar-refractivity contribution is 6.24. The number of benzene rings is 3. The lowest BCUT2D eigenvalue weighted by atomic mass is 9.48. The second-order valence-corrected chi connectivity index (χ2v) is 9.10. The van der Waals surface area contributed by atoms with Crippen LogP contribution in [0.15, 0.2) is 66.7 Å². The number of carbonyl (C=O) groups is 2. The molecule has 6 heteroatoms. The molecule has 1 aliphatic heterocycles. The minimum atomic E-state index is -0.650. The third-order valence-corrected chi connectivity index (χ3v) is 7.69. The Balaban J connectivity index is 1.60. The topological polar surface area (TPSA) is 80.5 Å². The van der Waals surface area contributed by atoms with Crippen LogP contribution in [0.1, 0.15) is 40.7 Å². The number of amides is 2. The molecular formula is C26H20N2O4. The van der Waals surface area contributed by atoms with E-state index < -0.39 is 22.2 Å². The van der Waals surface area contributed by atoms with E-state index in [9.17, 15) is 19.7 Å². The molecule has 2 bridgehead atoms. The Morgan fingerprint density at radius 1 is 0.906 bits per heavy atom. The Bertz CT molecular complexity index is 1310. The molecule has 158 valence electrons. The lowest BCUT2D eigenvalue weighted by Gasteiger charge is -2.52. The normalized spacial score (nSPS) is 27.2. The maximum Gasteiger partial charge on any atom is 0.271 e. The van der Waals surface area contributed by atoms with Gasteiger partial charge in [-0.05, 0) is 34.7 Å². The fourth-order valence-electron chi connectivity index (χ4n) is 6.34. The predicted octanol–water partition coefficient (Wildman–Crippen LogP) is 4.47. The molecule has 4 aliphatic rings. The van der Waals surface area contributed by atoms with Crippen LogP contribution in [0.3, 0.4) is 0 Å². The fourth-order valence-corrected chi connectivity index (χ4v) is 6.34. The largest absolute Gasteiger partial charge is 0.274 e. The molecule has 2 amide bonds. The van der Waals surface area contributed by atoms with Crippen LogP contribution >= 0.6 is 0 Å². The lowest BCUT2D eigenvalue weighted by molar-refractivity contribution is -0.384. The van der Waals surface area contributed by atoms with E-state index in [4.69, 9.17) is 0 Å². The van der Waals surface area contributed by atoms with E-state index in [1.54, 1.807) is 13.0 Å². The number of carbonyl (C=O) groups excluding carboxylic acids is 2. The van der Waals surface area contributed by atoms with Crippen LogP contribution in [0.25, 0.3) is 0 Å². The molecule has 0 N–H and O–H groups in total.